The molecule has 1 rings (SSSR count). The van der Waals surface area contributed by atoms with Crippen LogP contribution in [0.5, 0.6) is 0 Å². The van der Waals surface area contributed by atoms with E-state index in [-0.39, 0.29) is 5.78 Å². The summed E-state index contributed by atoms with van der Waals surface area (Å²) < 4.78 is 9.99. The van der Waals surface area contributed by atoms with Gasteiger partial charge in [0.05, 0.1) is 6.54 Å². The fraction of sp³-hybridized carbons (Fsp3) is 0.500. The van der Waals surface area contributed by atoms with Gasteiger partial charge in [0.1, 0.15) is 13.2 Å². The van der Waals surface area contributed by atoms with Gasteiger partial charge < -0.3 is 9.47 Å². The van der Waals surface area contributed by atoms with Crippen LogP contribution in [-0.4, -0.2) is 31.6 Å². The monoisotopic (exact) mass is 169 g/mol. The van der Waals surface area contributed by atoms with Crippen molar-refractivity contribution in [3.05, 3.63) is 12.7 Å². The van der Waals surface area contributed by atoms with Crippen molar-refractivity contribution in [1.82, 2.24) is 0 Å². The molecule has 0 aromatic carbocycles. The molecule has 12 heavy (non-hydrogen) atoms. The second kappa shape index (κ2) is 4.54. The molecule has 1 aliphatic heterocycles. The lowest BCUT2D eigenvalue weighted by Crippen LogP contribution is -2.08. The van der Waals surface area contributed by atoms with Crippen molar-refractivity contribution in [3.8, 4) is 0 Å². The summed E-state index contributed by atoms with van der Waals surface area (Å²) >= 11 is 0. The molecule has 0 bridgehead atoms. The molecule has 0 saturated heterocycles. The number of nitrogens with zero attached hydrogens (tertiary/aromatic N) is 1. The molecule has 0 fully saturated rings. The largest absolute Gasteiger partial charge is 0.450 e. The van der Waals surface area contributed by atoms with Crippen molar-refractivity contribution in [3.63, 3.8) is 0 Å². The molecule has 4 nitrogen and oxygen atoms in total. The van der Waals surface area contributed by atoms with Crippen LogP contribution in [0.25, 0.3) is 0 Å². The van der Waals surface area contributed by atoms with Crippen LogP contribution in [0.1, 0.15) is 6.42 Å². The van der Waals surface area contributed by atoms with E-state index in [1.807, 2.05) is 0 Å². The number of allylic oxidation sites excluding steroid dienone is 1. The Hall–Kier alpha value is -1.32. The van der Waals surface area contributed by atoms with Crippen LogP contribution >= 0.6 is 0 Å². The number of rotatable bonds is 4. The van der Waals surface area contributed by atoms with Gasteiger partial charge in [0.15, 0.2) is 5.78 Å². The lowest BCUT2D eigenvalue weighted by Gasteiger charge is -2.02. The van der Waals surface area contributed by atoms with Crippen LogP contribution in [-0.2, 0) is 14.3 Å². The van der Waals surface area contributed by atoms with Crippen LogP contribution in [0.3, 0.4) is 0 Å². The molecule has 0 saturated carbocycles. The maximum Gasteiger partial charge on any atom is 0.383 e. The van der Waals surface area contributed by atoms with Gasteiger partial charge in [-0.1, -0.05) is 6.58 Å². The van der Waals surface area contributed by atoms with Crippen LogP contribution in [0.4, 0.5) is 0 Å². The second-order valence-electron chi connectivity index (χ2n) is 2.26. The molecular weight excluding hydrogens is 158 g/mol. The Kier molecular flexibility index (Phi) is 3.32. The highest BCUT2D eigenvalue weighted by Gasteiger charge is 2.08. The van der Waals surface area contributed by atoms with Crippen molar-refractivity contribution in [1.29, 1.82) is 0 Å². The first-order valence-electron chi connectivity index (χ1n) is 3.78. The van der Waals surface area contributed by atoms with Gasteiger partial charge in [-0.3, -0.25) is 4.79 Å². The highest BCUT2D eigenvalue weighted by molar-refractivity contribution is 5.89. The molecule has 0 atom stereocenters. The Labute approximate surface area is 70.9 Å². The van der Waals surface area contributed by atoms with E-state index in [4.69, 9.17) is 9.47 Å². The van der Waals surface area contributed by atoms with Crippen molar-refractivity contribution >= 4 is 11.9 Å². The third-order valence-corrected chi connectivity index (χ3v) is 1.36. The number of aliphatic imine (C=N–C) groups is 1. The summed E-state index contributed by atoms with van der Waals surface area (Å²) in [7, 11) is 0. The Morgan fingerprint density at radius 3 is 3.25 bits per heavy atom. The first kappa shape index (κ1) is 8.77. The number of ketones is 1. The minimum absolute atomic E-state index is 0.0337. The molecule has 1 aliphatic rings. The van der Waals surface area contributed by atoms with Gasteiger partial charge in [0, 0.05) is 6.42 Å². The maximum atomic E-state index is 10.7. The van der Waals surface area contributed by atoms with Gasteiger partial charge in [-0.2, -0.15) is 0 Å². The zero-order chi connectivity index (χ0) is 8.81. The minimum atomic E-state index is -0.0337. The van der Waals surface area contributed by atoms with E-state index in [1.54, 1.807) is 0 Å². The Bertz CT molecular complexity index is 210. The topological polar surface area (TPSA) is 47.9 Å². The number of carbonyl (C=O) groups is 1. The third kappa shape index (κ3) is 2.74. The minimum Gasteiger partial charge on any atom is -0.450 e. The molecule has 0 radical (unpaired) electrons. The fourth-order valence-corrected chi connectivity index (χ4v) is 0.744. The molecule has 0 spiro atoms. The SMILES string of the molecule is C=CC(=O)CCOC1=NCCO1. The summed E-state index contributed by atoms with van der Waals surface area (Å²) in [6, 6.07) is 0. The predicted octanol–water partition coefficient (Wildman–Crippen LogP) is 0.534. The van der Waals surface area contributed by atoms with Crippen LogP contribution in [0.2, 0.25) is 0 Å². The van der Waals surface area contributed by atoms with E-state index in [9.17, 15) is 4.79 Å². The molecule has 0 amide bonds. The highest BCUT2D eigenvalue weighted by Crippen LogP contribution is 1.96. The van der Waals surface area contributed by atoms with E-state index < -0.39 is 0 Å². The summed E-state index contributed by atoms with van der Waals surface area (Å²) in [6.07, 6.45) is 1.90. The van der Waals surface area contributed by atoms with E-state index in [2.05, 4.69) is 11.6 Å². The second-order valence-corrected chi connectivity index (χ2v) is 2.26. The summed E-state index contributed by atoms with van der Waals surface area (Å²) in [6.45, 7) is 4.87. The third-order valence-electron chi connectivity index (χ3n) is 1.36. The molecule has 1 heterocycles. The van der Waals surface area contributed by atoms with E-state index in [0.29, 0.717) is 32.3 Å². The number of hydrogen-bond acceptors (Lipinski definition) is 4. The molecule has 0 unspecified atom stereocenters. The first-order valence-corrected chi connectivity index (χ1v) is 3.78. The molecule has 66 valence electrons. The van der Waals surface area contributed by atoms with E-state index >= 15 is 0 Å². The predicted molar refractivity (Wildman–Crippen MR) is 44.0 cm³/mol. The fourth-order valence-electron chi connectivity index (χ4n) is 0.744. The normalized spacial score (nSPS) is 14.8. The summed E-state index contributed by atoms with van der Waals surface area (Å²) in [5.41, 5.74) is 0. The first-order chi connectivity index (χ1) is 5.83. The lowest BCUT2D eigenvalue weighted by molar-refractivity contribution is -0.115. The zero-order valence-corrected chi connectivity index (χ0v) is 6.78. The number of hydrogen-bond donors (Lipinski definition) is 0. The Morgan fingerprint density at radius 1 is 1.83 bits per heavy atom. The highest BCUT2D eigenvalue weighted by atomic mass is 16.7. The molecule has 4 heteroatoms. The van der Waals surface area contributed by atoms with Gasteiger partial charge in [-0.15, -0.1) is 0 Å². The van der Waals surface area contributed by atoms with Crippen LogP contribution in [0, 0.1) is 0 Å². The average molecular weight is 169 g/mol. The van der Waals surface area contributed by atoms with Gasteiger partial charge >= 0.3 is 6.08 Å². The van der Waals surface area contributed by atoms with Crippen molar-refractivity contribution in [2.75, 3.05) is 19.8 Å². The quantitative estimate of drug-likeness (QED) is 0.577. The summed E-state index contributed by atoms with van der Waals surface area (Å²) in [4.78, 5) is 14.6. The van der Waals surface area contributed by atoms with Crippen molar-refractivity contribution in [2.24, 2.45) is 4.99 Å². The molecule has 0 aliphatic carbocycles. The molecule has 0 aromatic rings. The number of ether oxygens (including phenoxy) is 2. The standard InChI is InChI=1S/C8H11NO3/c1-2-7(10)3-5-11-8-9-4-6-12-8/h2H,1,3-6H2. The summed E-state index contributed by atoms with van der Waals surface area (Å²) in [5.74, 6) is -0.0337. The van der Waals surface area contributed by atoms with Crippen molar-refractivity contribution in [2.45, 2.75) is 6.42 Å². The number of carbonyl (C=O) groups excluding carboxylic acids is 1. The summed E-state index contributed by atoms with van der Waals surface area (Å²) in [5, 5.41) is 0. The lowest BCUT2D eigenvalue weighted by atomic mass is 10.3. The van der Waals surface area contributed by atoms with Crippen LogP contribution in [0.15, 0.2) is 17.6 Å². The smallest absolute Gasteiger partial charge is 0.383 e. The van der Waals surface area contributed by atoms with Gasteiger partial charge in [-0.25, -0.2) is 4.99 Å². The van der Waals surface area contributed by atoms with Gasteiger partial charge in [-0.05, 0) is 6.08 Å². The van der Waals surface area contributed by atoms with Gasteiger partial charge in [0.2, 0.25) is 0 Å². The van der Waals surface area contributed by atoms with Gasteiger partial charge in [0.25, 0.3) is 0 Å². The maximum absolute atomic E-state index is 10.7. The molecule has 0 aromatic heterocycles. The van der Waals surface area contributed by atoms with E-state index in [1.165, 1.54) is 6.08 Å². The van der Waals surface area contributed by atoms with Crippen LogP contribution < -0.4 is 0 Å². The zero-order valence-electron chi connectivity index (χ0n) is 6.78. The van der Waals surface area contributed by atoms with Crippen molar-refractivity contribution < 1.29 is 14.3 Å². The Balaban J connectivity index is 2.09. The van der Waals surface area contributed by atoms with E-state index in [0.717, 1.165) is 0 Å². The average Bonchev–Trinajstić information content (AvgIpc) is 2.57. The molecular formula is C8H11NO3. The molecule has 0 N–H and O–H groups in total. The Morgan fingerprint density at radius 2 is 2.67 bits per heavy atom.